The molecule has 10 unspecified atom stereocenters. The van der Waals surface area contributed by atoms with Crippen molar-refractivity contribution in [3.8, 4) is 0 Å². The zero-order valence-electron chi connectivity index (χ0n) is 35.0. The predicted molar refractivity (Wildman–Crippen MR) is 219 cm³/mol. The van der Waals surface area contributed by atoms with Gasteiger partial charge in [0.05, 0.1) is 17.6 Å². The molecule has 0 radical (unpaired) electrons. The molecule has 0 aromatic heterocycles. The fourth-order valence-electron chi connectivity index (χ4n) is 11.1. The molecular formula is C45H72N2O5S. The van der Waals surface area contributed by atoms with Crippen molar-refractivity contribution in [2.75, 3.05) is 20.7 Å². The Balaban J connectivity index is 0.00000308. The summed E-state index contributed by atoms with van der Waals surface area (Å²) in [5.41, 5.74) is 4.31. The summed E-state index contributed by atoms with van der Waals surface area (Å²) in [6, 6.07) is -0.267. The molecule has 0 aromatic carbocycles. The highest BCUT2D eigenvalue weighted by molar-refractivity contribution is 7.90. The van der Waals surface area contributed by atoms with Crippen LogP contribution in [0, 0.1) is 57.2 Å². The molecule has 298 valence electrons. The van der Waals surface area contributed by atoms with Crippen molar-refractivity contribution in [1.82, 2.24) is 4.90 Å². The summed E-state index contributed by atoms with van der Waals surface area (Å²) in [5.74, 6) is 2.76. The van der Waals surface area contributed by atoms with E-state index in [1.807, 2.05) is 60.0 Å². The molecule has 10 atom stereocenters. The summed E-state index contributed by atoms with van der Waals surface area (Å²) in [4.78, 5) is 28.5. The predicted octanol–water partition coefficient (Wildman–Crippen LogP) is 11.3. The molecular weight excluding hydrogens is 681 g/mol. The number of fused-ring (bicyclic) bond motifs is 5. The fraction of sp³-hybridized carbons (Fsp3) is 0.756. The summed E-state index contributed by atoms with van der Waals surface area (Å²) >= 11 is 0. The molecule has 7 nitrogen and oxygen atoms in total. The number of hydrogen-bond acceptors (Lipinski definition) is 7. The molecule has 5 rings (SSSR count). The van der Waals surface area contributed by atoms with Gasteiger partial charge in [0.15, 0.2) is 5.78 Å². The van der Waals surface area contributed by atoms with E-state index in [2.05, 4.69) is 56.8 Å². The van der Waals surface area contributed by atoms with Crippen molar-refractivity contribution >= 4 is 15.9 Å². The Morgan fingerprint density at radius 3 is 2.42 bits per heavy atom. The molecule has 3 fully saturated rings. The Labute approximate surface area is 323 Å². The maximum absolute atomic E-state index is 13.6. The maximum atomic E-state index is 13.6. The van der Waals surface area contributed by atoms with Crippen molar-refractivity contribution in [2.24, 2.45) is 57.4 Å². The van der Waals surface area contributed by atoms with Crippen molar-refractivity contribution in [3.63, 3.8) is 0 Å². The Hall–Kier alpha value is -2.32. The number of hydrogen-bond donors (Lipinski definition) is 0. The van der Waals surface area contributed by atoms with Crippen LogP contribution >= 0.6 is 0 Å². The lowest BCUT2D eigenvalue weighted by Crippen LogP contribution is -2.53. The fourth-order valence-corrected chi connectivity index (χ4v) is 12.4. The van der Waals surface area contributed by atoms with Gasteiger partial charge in [-0.2, -0.15) is 13.3 Å². The monoisotopic (exact) mass is 753 g/mol. The van der Waals surface area contributed by atoms with Crippen LogP contribution in [0.3, 0.4) is 0 Å². The average Bonchev–Trinajstić information content (AvgIpc) is 3.35. The number of nitroso groups, excluding NO2 is 1. The molecule has 0 bridgehead atoms. The third-order valence-corrected chi connectivity index (χ3v) is 15.9. The molecule has 0 aromatic rings. The minimum Gasteiger partial charge on any atom is -0.381 e. The first-order valence-electron chi connectivity index (χ1n) is 21.0. The van der Waals surface area contributed by atoms with E-state index in [1.54, 1.807) is 0 Å². The van der Waals surface area contributed by atoms with E-state index < -0.39 is 10.1 Å². The Bertz CT molecular complexity index is 1590. The van der Waals surface area contributed by atoms with Gasteiger partial charge in [-0.3, -0.25) is 8.98 Å². The molecule has 0 aliphatic heterocycles. The standard InChI is InChI=1S/C43H66N2O5S.C2H6/c1-10-14-33(45(8)9)24-32-16-11-12-18-41(31(32)5)51(48,49)50-27-28(2)15-13-17-39(44-47)37-20-19-35-34-25-40(46)38-23-29(3)30(4)26-43(38,7)36(34)21-22-42(35,37)6;1-2/h11-12,14,16,25,28-30,35-39H,10,13,15,17-24,26-27H2,1-9H3;1-2H3/b33-14+;. The third kappa shape index (κ3) is 9.06. The van der Waals surface area contributed by atoms with Crippen molar-refractivity contribution in [2.45, 2.75) is 145 Å². The van der Waals surface area contributed by atoms with Crippen LogP contribution in [0.4, 0.5) is 0 Å². The largest absolute Gasteiger partial charge is 0.381 e. The first-order chi connectivity index (χ1) is 25.1. The molecule has 0 spiro atoms. The SMILES string of the molecule is CC.CC/C=C(\CC1=CC=CCC(S(=O)(=O)OCC(C)CCCC(N=O)C2CCC3C4=CC(=O)C5CC(C)C(C)CC5(C)C4CCC32C)=C1C)N(C)C. The Kier molecular flexibility index (Phi) is 14.8. The van der Waals surface area contributed by atoms with Gasteiger partial charge < -0.3 is 4.90 Å². The van der Waals surface area contributed by atoms with Gasteiger partial charge in [0, 0.05) is 38.6 Å². The molecule has 0 amide bonds. The van der Waals surface area contributed by atoms with Gasteiger partial charge in [-0.05, 0) is 128 Å². The zero-order chi connectivity index (χ0) is 39.3. The topological polar surface area (TPSA) is 93.1 Å². The Morgan fingerprint density at radius 1 is 1.06 bits per heavy atom. The summed E-state index contributed by atoms with van der Waals surface area (Å²) < 4.78 is 32.7. The van der Waals surface area contributed by atoms with Gasteiger partial charge in [0.25, 0.3) is 10.1 Å². The smallest absolute Gasteiger partial charge is 0.293 e. The van der Waals surface area contributed by atoms with E-state index >= 15 is 0 Å². The first-order valence-corrected chi connectivity index (χ1v) is 22.4. The molecule has 5 aliphatic carbocycles. The number of carbonyl (C=O) groups is 1. The van der Waals surface area contributed by atoms with Gasteiger partial charge in [0.1, 0.15) is 0 Å². The lowest BCUT2D eigenvalue weighted by molar-refractivity contribution is -0.132. The maximum Gasteiger partial charge on any atom is 0.293 e. The first kappa shape index (κ1) is 43.4. The number of nitrogens with zero attached hydrogens (tertiary/aromatic N) is 2. The van der Waals surface area contributed by atoms with Crippen LogP contribution in [0.2, 0.25) is 0 Å². The van der Waals surface area contributed by atoms with E-state index in [1.165, 1.54) is 5.57 Å². The van der Waals surface area contributed by atoms with E-state index in [-0.39, 0.29) is 41.2 Å². The van der Waals surface area contributed by atoms with Crippen LogP contribution in [0.5, 0.6) is 0 Å². The summed E-state index contributed by atoms with van der Waals surface area (Å²) in [5, 5.41) is 3.74. The van der Waals surface area contributed by atoms with E-state index in [4.69, 9.17) is 4.18 Å². The van der Waals surface area contributed by atoms with Crippen LogP contribution in [0.15, 0.2) is 62.9 Å². The Morgan fingerprint density at radius 2 is 1.75 bits per heavy atom. The molecule has 0 heterocycles. The van der Waals surface area contributed by atoms with Gasteiger partial charge in [-0.25, -0.2) is 0 Å². The summed E-state index contributed by atoms with van der Waals surface area (Å²) in [6.07, 6.45) is 20.6. The number of allylic oxidation sites excluding steroid dienone is 9. The van der Waals surface area contributed by atoms with Crippen LogP contribution in [-0.4, -0.2) is 45.8 Å². The lowest BCUT2D eigenvalue weighted by Gasteiger charge is -2.58. The van der Waals surface area contributed by atoms with Crippen molar-refractivity contribution < 1.29 is 17.4 Å². The molecule has 0 N–H and O–H groups in total. The molecule has 53 heavy (non-hydrogen) atoms. The number of carbonyl (C=O) groups excluding carboxylic acids is 1. The van der Waals surface area contributed by atoms with Crippen molar-refractivity contribution in [3.05, 3.63) is 62.6 Å². The minimum atomic E-state index is -3.91. The van der Waals surface area contributed by atoms with E-state index in [0.717, 1.165) is 74.6 Å². The zero-order valence-corrected chi connectivity index (χ0v) is 35.9. The highest BCUT2D eigenvalue weighted by Gasteiger charge is 2.60. The second kappa shape index (κ2) is 18.1. The molecule has 0 saturated heterocycles. The normalized spacial score (nSPS) is 34.0. The highest BCUT2D eigenvalue weighted by atomic mass is 32.2. The van der Waals surface area contributed by atoms with E-state index in [9.17, 15) is 18.1 Å². The van der Waals surface area contributed by atoms with Gasteiger partial charge in [0.2, 0.25) is 0 Å². The van der Waals surface area contributed by atoms with Gasteiger partial charge in [-0.15, -0.1) is 0 Å². The van der Waals surface area contributed by atoms with Crippen LogP contribution < -0.4 is 0 Å². The second-order valence-corrected chi connectivity index (χ2v) is 19.5. The molecule has 8 heteroatoms. The van der Waals surface area contributed by atoms with Gasteiger partial charge in [-0.1, -0.05) is 96.9 Å². The third-order valence-electron chi connectivity index (χ3n) is 14.4. The summed E-state index contributed by atoms with van der Waals surface area (Å²) in [7, 11) is 0.124. The number of ketones is 1. The molecule has 3 saturated carbocycles. The average molecular weight is 753 g/mol. The highest BCUT2D eigenvalue weighted by Crippen LogP contribution is 2.67. The van der Waals surface area contributed by atoms with Crippen LogP contribution in [-0.2, 0) is 19.1 Å². The van der Waals surface area contributed by atoms with E-state index in [0.29, 0.717) is 53.6 Å². The quantitative estimate of drug-likeness (QED) is 0.130. The van der Waals surface area contributed by atoms with Crippen LogP contribution in [0.25, 0.3) is 0 Å². The second-order valence-electron chi connectivity index (χ2n) is 17.8. The lowest BCUT2D eigenvalue weighted by atomic mass is 9.46. The minimum absolute atomic E-state index is 0.0206. The van der Waals surface area contributed by atoms with Gasteiger partial charge >= 0.3 is 0 Å². The number of rotatable bonds is 14. The van der Waals surface area contributed by atoms with Crippen LogP contribution in [0.1, 0.15) is 139 Å². The molecule has 5 aliphatic rings. The van der Waals surface area contributed by atoms with Crippen molar-refractivity contribution in [1.29, 1.82) is 0 Å². The summed E-state index contributed by atoms with van der Waals surface area (Å²) in [6.45, 7) is 19.6.